The molecular formula is C17H17BrO2. The molecule has 0 spiro atoms. The lowest BCUT2D eigenvalue weighted by Crippen LogP contribution is -2.04. The third-order valence-electron chi connectivity index (χ3n) is 3.13. The topological polar surface area (TPSA) is 26.3 Å². The van der Waals surface area contributed by atoms with Crippen LogP contribution in [0.25, 0.3) is 0 Å². The molecule has 0 amide bonds. The molecule has 0 saturated heterocycles. The zero-order chi connectivity index (χ0) is 14.5. The zero-order valence-electron chi connectivity index (χ0n) is 11.7. The van der Waals surface area contributed by atoms with Gasteiger partial charge in [-0.05, 0) is 42.7 Å². The van der Waals surface area contributed by atoms with Gasteiger partial charge >= 0.3 is 0 Å². The first-order valence-electron chi connectivity index (χ1n) is 6.49. The molecular weight excluding hydrogens is 316 g/mol. The molecule has 20 heavy (non-hydrogen) atoms. The van der Waals surface area contributed by atoms with E-state index in [9.17, 15) is 4.79 Å². The molecule has 0 saturated carbocycles. The van der Waals surface area contributed by atoms with E-state index in [0.29, 0.717) is 11.9 Å². The molecule has 2 aromatic rings. The van der Waals surface area contributed by atoms with Gasteiger partial charge in [0.05, 0.1) is 5.33 Å². The standard InChI is InChI=1S/C17H17BrO2/c1-12-8-15(16(19)10-18)9-13(2)17(12)20-11-14-6-4-3-5-7-14/h3-9H,10-11H2,1-2H3. The van der Waals surface area contributed by atoms with Crippen molar-refractivity contribution >= 4 is 21.7 Å². The zero-order valence-corrected chi connectivity index (χ0v) is 13.2. The molecule has 3 heteroatoms. The number of hydrogen-bond donors (Lipinski definition) is 0. The Hall–Kier alpha value is -1.61. The number of ether oxygens (including phenoxy) is 1. The molecule has 2 rings (SSSR count). The summed E-state index contributed by atoms with van der Waals surface area (Å²) in [6, 6.07) is 13.8. The number of rotatable bonds is 5. The van der Waals surface area contributed by atoms with E-state index in [1.54, 1.807) is 0 Å². The van der Waals surface area contributed by atoms with Crippen LogP contribution in [0.2, 0.25) is 0 Å². The summed E-state index contributed by atoms with van der Waals surface area (Å²) in [5.41, 5.74) is 3.84. The number of hydrogen-bond acceptors (Lipinski definition) is 2. The van der Waals surface area contributed by atoms with E-state index in [4.69, 9.17) is 4.74 Å². The lowest BCUT2D eigenvalue weighted by Gasteiger charge is -2.13. The maximum Gasteiger partial charge on any atom is 0.173 e. The third-order valence-corrected chi connectivity index (χ3v) is 3.64. The van der Waals surface area contributed by atoms with Crippen LogP contribution in [0.5, 0.6) is 5.75 Å². The van der Waals surface area contributed by atoms with Crippen molar-refractivity contribution in [3.05, 3.63) is 64.7 Å². The number of ketones is 1. The van der Waals surface area contributed by atoms with Gasteiger partial charge in [0, 0.05) is 5.56 Å². The summed E-state index contributed by atoms with van der Waals surface area (Å²) in [4.78, 5) is 11.7. The van der Waals surface area contributed by atoms with Crippen LogP contribution in [0.15, 0.2) is 42.5 Å². The number of Topliss-reactive ketones (excluding diaryl/α,β-unsaturated/α-hetero) is 1. The fourth-order valence-corrected chi connectivity index (χ4v) is 2.47. The first-order valence-corrected chi connectivity index (χ1v) is 7.61. The molecule has 0 fully saturated rings. The summed E-state index contributed by atoms with van der Waals surface area (Å²) in [5, 5.41) is 0.343. The summed E-state index contributed by atoms with van der Waals surface area (Å²) in [6.07, 6.45) is 0. The number of aryl methyl sites for hydroxylation is 2. The Morgan fingerprint density at radius 3 is 2.25 bits per heavy atom. The lowest BCUT2D eigenvalue weighted by molar-refractivity contribution is 0.102. The largest absolute Gasteiger partial charge is 0.488 e. The molecule has 0 unspecified atom stereocenters. The molecule has 0 bridgehead atoms. The van der Waals surface area contributed by atoms with Gasteiger partial charge in [0.1, 0.15) is 12.4 Å². The van der Waals surface area contributed by atoms with Crippen LogP contribution in [0, 0.1) is 13.8 Å². The molecule has 0 aliphatic carbocycles. The summed E-state index contributed by atoms with van der Waals surface area (Å²) in [5.74, 6) is 0.950. The Morgan fingerprint density at radius 2 is 1.70 bits per heavy atom. The predicted molar refractivity (Wildman–Crippen MR) is 84.8 cm³/mol. The molecule has 104 valence electrons. The number of halogens is 1. The highest BCUT2D eigenvalue weighted by atomic mass is 79.9. The molecule has 0 radical (unpaired) electrons. The van der Waals surface area contributed by atoms with Gasteiger partial charge < -0.3 is 4.74 Å². The average Bonchev–Trinajstić information content (AvgIpc) is 2.46. The Bertz CT molecular complexity index is 583. The van der Waals surface area contributed by atoms with Crippen molar-refractivity contribution < 1.29 is 9.53 Å². The van der Waals surface area contributed by atoms with Crippen molar-refractivity contribution in [2.45, 2.75) is 20.5 Å². The minimum absolute atomic E-state index is 0.0887. The fraction of sp³-hybridized carbons (Fsp3) is 0.235. The van der Waals surface area contributed by atoms with E-state index < -0.39 is 0 Å². The Balaban J connectivity index is 2.18. The van der Waals surface area contributed by atoms with Gasteiger partial charge in [-0.1, -0.05) is 46.3 Å². The van der Waals surface area contributed by atoms with Crippen LogP contribution < -0.4 is 4.74 Å². The summed E-state index contributed by atoms with van der Waals surface area (Å²) < 4.78 is 5.90. The van der Waals surface area contributed by atoms with Crippen molar-refractivity contribution in [1.82, 2.24) is 0 Å². The molecule has 0 atom stereocenters. The van der Waals surface area contributed by atoms with E-state index >= 15 is 0 Å². The Kier molecular flexibility index (Phi) is 4.96. The summed E-state index contributed by atoms with van der Waals surface area (Å²) in [6.45, 7) is 4.48. The van der Waals surface area contributed by atoms with Gasteiger partial charge in [-0.25, -0.2) is 0 Å². The van der Waals surface area contributed by atoms with Crippen LogP contribution in [0.1, 0.15) is 27.0 Å². The molecule has 0 N–H and O–H groups in total. The molecule has 2 nitrogen and oxygen atoms in total. The average molecular weight is 333 g/mol. The highest BCUT2D eigenvalue weighted by Gasteiger charge is 2.11. The van der Waals surface area contributed by atoms with Crippen molar-refractivity contribution in [2.75, 3.05) is 5.33 Å². The van der Waals surface area contributed by atoms with E-state index in [-0.39, 0.29) is 5.78 Å². The normalized spacial score (nSPS) is 10.3. The highest BCUT2D eigenvalue weighted by molar-refractivity contribution is 9.09. The number of carbonyl (C=O) groups excluding carboxylic acids is 1. The second-order valence-electron chi connectivity index (χ2n) is 4.77. The second kappa shape index (κ2) is 6.71. The van der Waals surface area contributed by atoms with Crippen LogP contribution >= 0.6 is 15.9 Å². The molecule has 0 aliphatic rings. The first kappa shape index (κ1) is 14.8. The van der Waals surface area contributed by atoms with Gasteiger partial charge in [0.25, 0.3) is 0 Å². The van der Waals surface area contributed by atoms with Crippen LogP contribution in [0.4, 0.5) is 0 Å². The minimum atomic E-state index is 0.0887. The highest BCUT2D eigenvalue weighted by Crippen LogP contribution is 2.26. The quantitative estimate of drug-likeness (QED) is 0.596. The van der Waals surface area contributed by atoms with Crippen LogP contribution in [0.3, 0.4) is 0 Å². The third kappa shape index (κ3) is 3.48. The van der Waals surface area contributed by atoms with Gasteiger partial charge in [-0.3, -0.25) is 4.79 Å². The molecule has 0 aromatic heterocycles. The fourth-order valence-electron chi connectivity index (χ4n) is 2.15. The predicted octanol–water partition coefficient (Wildman–Crippen LogP) is 4.46. The van der Waals surface area contributed by atoms with E-state index in [1.807, 2.05) is 56.3 Å². The van der Waals surface area contributed by atoms with Gasteiger partial charge in [-0.2, -0.15) is 0 Å². The summed E-state index contributed by atoms with van der Waals surface area (Å²) in [7, 11) is 0. The first-order chi connectivity index (χ1) is 9.61. The monoisotopic (exact) mass is 332 g/mol. The molecule has 0 aliphatic heterocycles. The van der Waals surface area contributed by atoms with Crippen LogP contribution in [-0.2, 0) is 6.61 Å². The molecule has 2 aromatic carbocycles. The smallest absolute Gasteiger partial charge is 0.173 e. The SMILES string of the molecule is Cc1cc(C(=O)CBr)cc(C)c1OCc1ccccc1. The van der Waals surface area contributed by atoms with Gasteiger partial charge in [0.2, 0.25) is 0 Å². The minimum Gasteiger partial charge on any atom is -0.488 e. The maximum atomic E-state index is 11.7. The number of alkyl halides is 1. The number of benzene rings is 2. The van der Waals surface area contributed by atoms with E-state index in [2.05, 4.69) is 15.9 Å². The van der Waals surface area contributed by atoms with E-state index in [0.717, 1.165) is 28.0 Å². The van der Waals surface area contributed by atoms with Gasteiger partial charge in [-0.15, -0.1) is 0 Å². The van der Waals surface area contributed by atoms with Crippen molar-refractivity contribution in [2.24, 2.45) is 0 Å². The Labute approximate surface area is 127 Å². The Morgan fingerprint density at radius 1 is 1.10 bits per heavy atom. The number of carbonyl (C=O) groups is 1. The van der Waals surface area contributed by atoms with Crippen molar-refractivity contribution in [3.63, 3.8) is 0 Å². The van der Waals surface area contributed by atoms with Crippen molar-refractivity contribution in [1.29, 1.82) is 0 Å². The molecule has 0 heterocycles. The van der Waals surface area contributed by atoms with E-state index in [1.165, 1.54) is 0 Å². The van der Waals surface area contributed by atoms with Crippen molar-refractivity contribution in [3.8, 4) is 5.75 Å². The lowest BCUT2D eigenvalue weighted by atomic mass is 10.0. The van der Waals surface area contributed by atoms with Crippen LogP contribution in [-0.4, -0.2) is 11.1 Å². The maximum absolute atomic E-state index is 11.7. The summed E-state index contributed by atoms with van der Waals surface area (Å²) >= 11 is 3.20. The second-order valence-corrected chi connectivity index (χ2v) is 5.33. The van der Waals surface area contributed by atoms with Gasteiger partial charge in [0.15, 0.2) is 5.78 Å².